The van der Waals surface area contributed by atoms with Gasteiger partial charge in [-0.15, -0.1) is 0 Å². The Balaban J connectivity index is 2.41. The summed E-state index contributed by atoms with van der Waals surface area (Å²) in [6.45, 7) is 1.66. The molecule has 1 amide bonds. The molecule has 0 spiro atoms. The second-order valence-electron chi connectivity index (χ2n) is 5.34. The first-order chi connectivity index (χ1) is 11.1. The van der Waals surface area contributed by atoms with Gasteiger partial charge in [0.05, 0.1) is 10.6 Å². The number of hydrogen-bond donors (Lipinski definition) is 1. The first-order valence-corrected chi connectivity index (χ1v) is 8.74. The van der Waals surface area contributed by atoms with Crippen molar-refractivity contribution in [3.8, 4) is 0 Å². The normalized spacial score (nSPS) is 11.6. The number of aryl methyl sites for hydroxylation is 1. The van der Waals surface area contributed by atoms with Crippen molar-refractivity contribution in [3.63, 3.8) is 0 Å². The second kappa shape index (κ2) is 6.88. The SMILES string of the molecule is Cc1ccc(S(=O)(=O)N(C)C)cc1C(=O)Nc1cc(Cl)ccc1F. The summed E-state index contributed by atoms with van der Waals surface area (Å²) in [6, 6.07) is 7.99. The average molecular weight is 371 g/mol. The molecule has 0 aliphatic heterocycles. The predicted molar refractivity (Wildman–Crippen MR) is 91.4 cm³/mol. The molecule has 0 aliphatic carbocycles. The predicted octanol–water partition coefficient (Wildman–Crippen LogP) is 3.29. The van der Waals surface area contributed by atoms with Crippen LogP contribution in [0.1, 0.15) is 15.9 Å². The number of anilines is 1. The minimum absolute atomic E-state index is 0.0187. The van der Waals surface area contributed by atoms with Crippen LogP contribution in [0.2, 0.25) is 5.02 Å². The lowest BCUT2D eigenvalue weighted by Gasteiger charge is -2.14. The monoisotopic (exact) mass is 370 g/mol. The molecule has 0 aliphatic rings. The van der Waals surface area contributed by atoms with Crippen LogP contribution >= 0.6 is 11.6 Å². The van der Waals surface area contributed by atoms with Gasteiger partial charge in [0.2, 0.25) is 10.0 Å². The number of nitrogens with one attached hydrogen (secondary N) is 1. The van der Waals surface area contributed by atoms with E-state index in [2.05, 4.69) is 5.32 Å². The molecule has 0 fully saturated rings. The zero-order chi connectivity index (χ0) is 18.1. The number of carbonyl (C=O) groups excluding carboxylic acids is 1. The van der Waals surface area contributed by atoms with Crippen LogP contribution in [0.15, 0.2) is 41.3 Å². The zero-order valence-electron chi connectivity index (χ0n) is 13.3. The van der Waals surface area contributed by atoms with Crippen molar-refractivity contribution in [2.75, 3.05) is 19.4 Å². The van der Waals surface area contributed by atoms with E-state index in [4.69, 9.17) is 11.6 Å². The highest BCUT2D eigenvalue weighted by molar-refractivity contribution is 7.89. The van der Waals surface area contributed by atoms with Crippen molar-refractivity contribution >= 4 is 33.2 Å². The third-order valence-electron chi connectivity index (χ3n) is 3.41. The van der Waals surface area contributed by atoms with Gasteiger partial charge in [-0.05, 0) is 42.8 Å². The fourth-order valence-electron chi connectivity index (χ4n) is 2.00. The van der Waals surface area contributed by atoms with Gasteiger partial charge in [0.25, 0.3) is 5.91 Å². The highest BCUT2D eigenvalue weighted by Crippen LogP contribution is 2.22. The number of hydrogen-bond acceptors (Lipinski definition) is 3. The maximum absolute atomic E-state index is 13.7. The molecule has 0 unspecified atom stereocenters. The Morgan fingerprint density at radius 2 is 1.83 bits per heavy atom. The summed E-state index contributed by atoms with van der Waals surface area (Å²) >= 11 is 5.79. The smallest absolute Gasteiger partial charge is 0.256 e. The van der Waals surface area contributed by atoms with Crippen molar-refractivity contribution in [1.29, 1.82) is 0 Å². The van der Waals surface area contributed by atoms with Crippen molar-refractivity contribution in [2.45, 2.75) is 11.8 Å². The molecule has 0 heterocycles. The maximum Gasteiger partial charge on any atom is 0.256 e. The van der Waals surface area contributed by atoms with Gasteiger partial charge in [0, 0.05) is 24.7 Å². The average Bonchev–Trinajstić information content (AvgIpc) is 2.50. The number of carbonyl (C=O) groups is 1. The van der Waals surface area contributed by atoms with Gasteiger partial charge in [0.15, 0.2) is 0 Å². The van der Waals surface area contributed by atoms with E-state index in [1.807, 2.05) is 0 Å². The quantitative estimate of drug-likeness (QED) is 0.898. The highest BCUT2D eigenvalue weighted by Gasteiger charge is 2.20. The molecular formula is C16H16ClFN2O3S. The molecule has 24 heavy (non-hydrogen) atoms. The Labute approximate surface area is 145 Å². The Morgan fingerprint density at radius 1 is 1.17 bits per heavy atom. The molecule has 8 heteroatoms. The molecule has 128 valence electrons. The minimum Gasteiger partial charge on any atom is -0.319 e. The third kappa shape index (κ3) is 3.75. The third-order valence-corrected chi connectivity index (χ3v) is 5.46. The van der Waals surface area contributed by atoms with Crippen LogP contribution in [0.3, 0.4) is 0 Å². The molecule has 0 aromatic heterocycles. The van der Waals surface area contributed by atoms with Crippen LogP contribution < -0.4 is 5.32 Å². The molecule has 2 aromatic rings. The molecule has 5 nitrogen and oxygen atoms in total. The van der Waals surface area contributed by atoms with Gasteiger partial charge in [0.1, 0.15) is 5.82 Å². The molecule has 0 saturated carbocycles. The van der Waals surface area contributed by atoms with E-state index in [1.54, 1.807) is 6.92 Å². The van der Waals surface area contributed by atoms with Crippen molar-refractivity contribution in [2.24, 2.45) is 0 Å². The molecule has 2 rings (SSSR count). The molecule has 1 N–H and O–H groups in total. The van der Waals surface area contributed by atoms with E-state index in [0.717, 1.165) is 10.4 Å². The molecule has 0 bridgehead atoms. The Hall–Kier alpha value is -1.96. The van der Waals surface area contributed by atoms with E-state index in [-0.39, 0.29) is 21.2 Å². The lowest BCUT2D eigenvalue weighted by Crippen LogP contribution is -2.23. The van der Waals surface area contributed by atoms with Gasteiger partial charge in [-0.3, -0.25) is 4.79 Å². The van der Waals surface area contributed by atoms with Gasteiger partial charge in [-0.25, -0.2) is 17.1 Å². The van der Waals surface area contributed by atoms with Crippen molar-refractivity contribution in [1.82, 2.24) is 4.31 Å². The Kier molecular flexibility index (Phi) is 5.27. The van der Waals surface area contributed by atoms with Crippen LogP contribution in [0.5, 0.6) is 0 Å². The number of rotatable bonds is 4. The van der Waals surface area contributed by atoms with Gasteiger partial charge in [-0.1, -0.05) is 17.7 Å². The zero-order valence-corrected chi connectivity index (χ0v) is 14.9. The van der Waals surface area contributed by atoms with Gasteiger partial charge in [-0.2, -0.15) is 0 Å². The van der Waals surface area contributed by atoms with E-state index in [9.17, 15) is 17.6 Å². The molecule has 0 atom stereocenters. The van der Waals surface area contributed by atoms with E-state index in [0.29, 0.717) is 5.56 Å². The largest absolute Gasteiger partial charge is 0.319 e. The lowest BCUT2D eigenvalue weighted by atomic mass is 10.1. The standard InChI is InChI=1S/C16H16ClFN2O3S/c1-10-4-6-12(24(22,23)20(2)3)9-13(10)16(21)19-15-8-11(17)5-7-14(15)18/h4-9H,1-3H3,(H,19,21). The van der Waals surface area contributed by atoms with Crippen LogP contribution in [0.4, 0.5) is 10.1 Å². The highest BCUT2D eigenvalue weighted by atomic mass is 35.5. The molecule has 0 saturated heterocycles. The first kappa shape index (κ1) is 18.4. The molecular weight excluding hydrogens is 355 g/mol. The van der Waals surface area contributed by atoms with Crippen LogP contribution in [0, 0.1) is 12.7 Å². The van der Waals surface area contributed by atoms with Gasteiger partial charge >= 0.3 is 0 Å². The summed E-state index contributed by atoms with van der Waals surface area (Å²) in [6.07, 6.45) is 0. The number of halogens is 2. The Bertz CT molecular complexity index is 898. The molecule has 2 aromatic carbocycles. The minimum atomic E-state index is -3.68. The van der Waals surface area contributed by atoms with Crippen molar-refractivity contribution in [3.05, 3.63) is 58.4 Å². The van der Waals surface area contributed by atoms with Crippen LogP contribution in [-0.2, 0) is 10.0 Å². The van der Waals surface area contributed by atoms with Crippen LogP contribution in [0.25, 0.3) is 0 Å². The topological polar surface area (TPSA) is 66.5 Å². The second-order valence-corrected chi connectivity index (χ2v) is 7.93. The summed E-state index contributed by atoms with van der Waals surface area (Å²) in [4.78, 5) is 12.4. The van der Waals surface area contributed by atoms with E-state index in [1.165, 1.54) is 44.4 Å². The molecule has 0 radical (unpaired) electrons. The number of amides is 1. The number of benzene rings is 2. The number of sulfonamides is 1. The summed E-state index contributed by atoms with van der Waals surface area (Å²) < 4.78 is 39.2. The van der Waals surface area contributed by atoms with Gasteiger partial charge < -0.3 is 5.32 Å². The lowest BCUT2D eigenvalue weighted by molar-refractivity contribution is 0.102. The van der Waals surface area contributed by atoms with E-state index < -0.39 is 21.7 Å². The summed E-state index contributed by atoms with van der Waals surface area (Å²) in [7, 11) is -0.881. The fourth-order valence-corrected chi connectivity index (χ4v) is 3.10. The van der Waals surface area contributed by atoms with E-state index >= 15 is 0 Å². The van der Waals surface area contributed by atoms with Crippen LogP contribution in [-0.4, -0.2) is 32.7 Å². The maximum atomic E-state index is 13.7. The number of nitrogens with zero attached hydrogens (tertiary/aromatic N) is 1. The summed E-state index contributed by atoms with van der Waals surface area (Å²) in [5.41, 5.74) is 0.623. The summed E-state index contributed by atoms with van der Waals surface area (Å²) in [5, 5.41) is 2.68. The fraction of sp³-hybridized carbons (Fsp3) is 0.188. The first-order valence-electron chi connectivity index (χ1n) is 6.92. The summed E-state index contributed by atoms with van der Waals surface area (Å²) in [5.74, 6) is -1.26. The Morgan fingerprint density at radius 3 is 2.46 bits per heavy atom. The van der Waals surface area contributed by atoms with Crippen molar-refractivity contribution < 1.29 is 17.6 Å².